The molecule has 1 amide bonds. The van der Waals surface area contributed by atoms with E-state index < -0.39 is 0 Å². The molecule has 2 aromatic heterocycles. The molecule has 2 fully saturated rings. The van der Waals surface area contributed by atoms with Gasteiger partial charge in [0.1, 0.15) is 17.7 Å². The maximum Gasteiger partial charge on any atom is 0.407 e. The lowest BCUT2D eigenvalue weighted by Crippen LogP contribution is -2.41. The smallest absolute Gasteiger partial charge is 0.407 e. The van der Waals surface area contributed by atoms with Gasteiger partial charge in [-0.3, -0.25) is 4.90 Å². The van der Waals surface area contributed by atoms with Crippen molar-refractivity contribution in [2.45, 2.75) is 38.2 Å². The van der Waals surface area contributed by atoms with Crippen molar-refractivity contribution in [2.75, 3.05) is 39.4 Å². The number of hydrogen-bond donors (Lipinski definition) is 2. The Labute approximate surface area is 188 Å². The van der Waals surface area contributed by atoms with E-state index >= 15 is 0 Å². The molecule has 1 saturated carbocycles. The molecule has 0 unspecified atom stereocenters. The second-order valence-corrected chi connectivity index (χ2v) is 8.44. The van der Waals surface area contributed by atoms with Gasteiger partial charge in [0, 0.05) is 45.3 Å². The third kappa shape index (κ3) is 5.55. The van der Waals surface area contributed by atoms with E-state index in [0.717, 1.165) is 63.8 Å². The fourth-order valence-corrected chi connectivity index (χ4v) is 4.59. The van der Waals surface area contributed by atoms with Gasteiger partial charge in [-0.15, -0.1) is 10.2 Å². The molecule has 1 aliphatic heterocycles. The van der Waals surface area contributed by atoms with E-state index in [1.54, 1.807) is 6.21 Å². The van der Waals surface area contributed by atoms with E-state index in [-0.39, 0.29) is 18.1 Å². The van der Waals surface area contributed by atoms with E-state index in [2.05, 4.69) is 37.3 Å². The second-order valence-electron chi connectivity index (χ2n) is 8.44. The Hall–Kier alpha value is -2.72. The predicted octanol–water partition coefficient (Wildman–Crippen LogP) is 2.22. The van der Waals surface area contributed by atoms with Crippen LogP contribution < -0.4 is 5.32 Å². The maximum atomic E-state index is 12.3. The largest absolute Gasteiger partial charge is 0.446 e. The molecule has 1 aliphatic carbocycles. The first kappa shape index (κ1) is 22.5. The van der Waals surface area contributed by atoms with Gasteiger partial charge in [-0.1, -0.05) is 13.3 Å². The molecular weight excluding hydrogens is 410 g/mol. The van der Waals surface area contributed by atoms with Crippen LogP contribution in [-0.2, 0) is 16.5 Å². The third-order valence-electron chi connectivity index (χ3n) is 6.43. The highest BCUT2D eigenvalue weighted by Crippen LogP contribution is 2.42. The SMILES string of the molecule is CC[C@@H]1C[C@H](OC(=O)NCCN2CCOCC2)C[C@@H]1c1nnc(C=Nc2ccc[nH]2)n1C. The van der Waals surface area contributed by atoms with Crippen molar-refractivity contribution < 1.29 is 14.3 Å². The lowest BCUT2D eigenvalue weighted by molar-refractivity contribution is 0.0378. The number of morpholine rings is 1. The Morgan fingerprint density at radius 1 is 1.38 bits per heavy atom. The number of aliphatic imine (C=N–C) groups is 1. The Bertz CT molecular complexity index is 889. The van der Waals surface area contributed by atoms with Crippen LogP contribution in [0.2, 0.25) is 0 Å². The molecular formula is C22H33N7O3. The number of H-pyrrole nitrogens is 1. The van der Waals surface area contributed by atoms with Crippen molar-refractivity contribution in [3.8, 4) is 0 Å². The van der Waals surface area contributed by atoms with Crippen LogP contribution in [-0.4, -0.2) is 82.5 Å². The highest BCUT2D eigenvalue weighted by Gasteiger charge is 2.39. The monoisotopic (exact) mass is 443 g/mol. The molecule has 1 saturated heterocycles. The number of hydrogen-bond acceptors (Lipinski definition) is 7. The van der Waals surface area contributed by atoms with Crippen molar-refractivity contribution in [1.82, 2.24) is 30.0 Å². The zero-order chi connectivity index (χ0) is 22.3. The van der Waals surface area contributed by atoms with Crippen molar-refractivity contribution in [1.29, 1.82) is 0 Å². The summed E-state index contributed by atoms with van der Waals surface area (Å²) >= 11 is 0. The summed E-state index contributed by atoms with van der Waals surface area (Å²) in [5, 5.41) is 11.7. The summed E-state index contributed by atoms with van der Waals surface area (Å²) in [6.07, 6.45) is 5.71. The van der Waals surface area contributed by atoms with Gasteiger partial charge < -0.3 is 24.3 Å². The first-order valence-electron chi connectivity index (χ1n) is 11.5. The van der Waals surface area contributed by atoms with Crippen molar-refractivity contribution in [3.05, 3.63) is 30.0 Å². The summed E-state index contributed by atoms with van der Waals surface area (Å²) in [6, 6.07) is 3.80. The van der Waals surface area contributed by atoms with Gasteiger partial charge in [-0.25, -0.2) is 9.79 Å². The molecule has 2 N–H and O–H groups in total. The summed E-state index contributed by atoms with van der Waals surface area (Å²) in [5.41, 5.74) is 0. The van der Waals surface area contributed by atoms with E-state index in [0.29, 0.717) is 18.3 Å². The number of rotatable bonds is 8. The first-order valence-corrected chi connectivity index (χ1v) is 11.5. The number of aromatic nitrogens is 4. The standard InChI is InChI=1S/C22H33N7O3/c1-3-16-13-17(32-22(30)24-7-8-29-9-11-31-12-10-29)14-18(16)21-27-26-20(28(21)2)15-25-19-5-4-6-23-19/h4-6,15-18,23H,3,7-14H2,1-2H3,(H,24,30)/t16-,17+,18+/m1/s1. The number of aromatic amines is 1. The van der Waals surface area contributed by atoms with Gasteiger partial charge in [0.05, 0.1) is 19.4 Å². The van der Waals surface area contributed by atoms with Crippen LogP contribution in [0.25, 0.3) is 0 Å². The summed E-state index contributed by atoms with van der Waals surface area (Å²) in [5.74, 6) is 3.00. The number of carbonyl (C=O) groups excluding carboxylic acids is 1. The highest BCUT2D eigenvalue weighted by molar-refractivity contribution is 5.77. The molecule has 10 heteroatoms. The molecule has 0 bridgehead atoms. The molecule has 4 rings (SSSR count). The molecule has 0 aromatic carbocycles. The van der Waals surface area contributed by atoms with E-state index in [1.807, 2.05) is 29.9 Å². The number of carbonyl (C=O) groups is 1. The quantitative estimate of drug-likeness (QED) is 0.606. The fraction of sp³-hybridized carbons (Fsp3) is 0.636. The zero-order valence-electron chi connectivity index (χ0n) is 18.9. The molecule has 0 radical (unpaired) electrons. The summed E-state index contributed by atoms with van der Waals surface area (Å²) in [7, 11) is 1.96. The Morgan fingerprint density at radius 2 is 2.22 bits per heavy atom. The van der Waals surface area contributed by atoms with Crippen molar-refractivity contribution >= 4 is 18.1 Å². The molecule has 10 nitrogen and oxygen atoms in total. The highest BCUT2D eigenvalue weighted by atomic mass is 16.6. The minimum atomic E-state index is -0.338. The van der Waals surface area contributed by atoms with Gasteiger partial charge in [0.15, 0.2) is 5.82 Å². The van der Waals surface area contributed by atoms with Crippen LogP contribution in [0, 0.1) is 5.92 Å². The molecule has 2 aliphatic rings. The fourth-order valence-electron chi connectivity index (χ4n) is 4.59. The molecule has 3 atom stereocenters. The summed E-state index contributed by atoms with van der Waals surface area (Å²) < 4.78 is 13.1. The van der Waals surface area contributed by atoms with Crippen LogP contribution in [0.3, 0.4) is 0 Å². The normalized spacial score (nSPS) is 24.2. The average molecular weight is 444 g/mol. The van der Waals surface area contributed by atoms with Gasteiger partial charge in [-0.05, 0) is 30.9 Å². The number of nitrogens with zero attached hydrogens (tertiary/aromatic N) is 5. The van der Waals surface area contributed by atoms with Gasteiger partial charge in [-0.2, -0.15) is 0 Å². The molecule has 174 valence electrons. The number of nitrogens with one attached hydrogen (secondary N) is 2. The predicted molar refractivity (Wildman–Crippen MR) is 120 cm³/mol. The minimum absolute atomic E-state index is 0.110. The average Bonchev–Trinajstić information content (AvgIpc) is 3.53. The summed E-state index contributed by atoms with van der Waals surface area (Å²) in [4.78, 5) is 22.0. The van der Waals surface area contributed by atoms with Crippen molar-refractivity contribution in [3.63, 3.8) is 0 Å². The number of ether oxygens (including phenoxy) is 2. The van der Waals surface area contributed by atoms with Crippen LogP contribution >= 0.6 is 0 Å². The van der Waals surface area contributed by atoms with Gasteiger partial charge in [0.2, 0.25) is 0 Å². The Kier molecular flexibility index (Phi) is 7.54. The number of amides is 1. The lowest BCUT2D eigenvalue weighted by Gasteiger charge is -2.26. The maximum absolute atomic E-state index is 12.3. The second kappa shape index (κ2) is 10.7. The molecule has 0 spiro atoms. The first-order chi connectivity index (χ1) is 15.6. The van der Waals surface area contributed by atoms with E-state index in [4.69, 9.17) is 9.47 Å². The van der Waals surface area contributed by atoms with E-state index in [1.165, 1.54) is 0 Å². The molecule has 32 heavy (non-hydrogen) atoms. The summed E-state index contributed by atoms with van der Waals surface area (Å²) in [6.45, 7) is 6.91. The minimum Gasteiger partial charge on any atom is -0.446 e. The zero-order valence-corrected chi connectivity index (χ0v) is 18.9. The molecule has 2 aromatic rings. The van der Waals surface area contributed by atoms with Crippen LogP contribution in [0.1, 0.15) is 43.8 Å². The van der Waals surface area contributed by atoms with Crippen LogP contribution in [0.15, 0.2) is 23.3 Å². The van der Waals surface area contributed by atoms with Gasteiger partial charge in [0.25, 0.3) is 0 Å². The molecule has 3 heterocycles. The topological polar surface area (TPSA) is 110 Å². The van der Waals surface area contributed by atoms with Gasteiger partial charge >= 0.3 is 6.09 Å². The van der Waals surface area contributed by atoms with E-state index in [9.17, 15) is 4.79 Å². The third-order valence-corrected chi connectivity index (χ3v) is 6.43. The van der Waals surface area contributed by atoms with Crippen LogP contribution in [0.4, 0.5) is 10.6 Å². The van der Waals surface area contributed by atoms with Crippen LogP contribution in [0.5, 0.6) is 0 Å². The van der Waals surface area contributed by atoms with Crippen molar-refractivity contribution in [2.24, 2.45) is 18.0 Å². The number of alkyl carbamates (subject to hydrolysis) is 1. The Morgan fingerprint density at radius 3 is 2.97 bits per heavy atom. The Balaban J connectivity index is 1.30. The lowest BCUT2D eigenvalue weighted by atomic mass is 9.93.